The summed E-state index contributed by atoms with van der Waals surface area (Å²) in [6, 6.07) is 17.6. The minimum Gasteiger partial charge on any atom is -0.382 e. The van der Waals surface area contributed by atoms with E-state index < -0.39 is 12.1 Å². The quantitative estimate of drug-likeness (QED) is 0.527. The van der Waals surface area contributed by atoms with Crippen LogP contribution in [-0.4, -0.2) is 16.8 Å². The van der Waals surface area contributed by atoms with Crippen LogP contribution in [0, 0.1) is 0 Å². The Morgan fingerprint density at radius 2 is 1.60 bits per heavy atom. The van der Waals surface area contributed by atoms with Crippen molar-refractivity contribution in [3.8, 4) is 0 Å². The molecule has 0 aliphatic rings. The molecule has 0 amide bonds. The molecule has 0 bridgehead atoms. The van der Waals surface area contributed by atoms with Gasteiger partial charge >= 0.3 is 5.97 Å². The highest BCUT2D eigenvalue weighted by molar-refractivity contribution is 5.91. The molecule has 0 spiro atoms. The lowest BCUT2D eigenvalue weighted by molar-refractivity contribution is 0.0510. The molecule has 0 fully saturated rings. The van der Waals surface area contributed by atoms with Crippen LogP contribution in [0.2, 0.25) is 0 Å². The molecule has 0 aromatic heterocycles. The Balaban J connectivity index is 2.03. The molecule has 1 N–H and O–H groups in total. The normalized spacial score (nSPS) is 12.8. The third-order valence-corrected chi connectivity index (χ3v) is 2.79. The number of hydrogen-bond acceptors (Lipinski definition) is 4. The van der Waals surface area contributed by atoms with Gasteiger partial charge in [-0.1, -0.05) is 53.7 Å². The zero-order valence-electron chi connectivity index (χ0n) is 11.1. The van der Waals surface area contributed by atoms with Crippen molar-refractivity contribution in [3.63, 3.8) is 0 Å². The molecule has 4 nitrogen and oxygen atoms in total. The van der Waals surface area contributed by atoms with Gasteiger partial charge in [0.1, 0.15) is 6.10 Å². The SMILES string of the molecule is C/C(=N\OC(=O)c1ccccc1)C(O)c1ccccc1. The first-order valence-electron chi connectivity index (χ1n) is 6.22. The fourth-order valence-electron chi connectivity index (χ4n) is 1.67. The number of aliphatic hydroxyl groups is 1. The molecule has 0 radical (unpaired) electrons. The van der Waals surface area contributed by atoms with Gasteiger partial charge in [-0.25, -0.2) is 4.79 Å². The molecule has 0 heterocycles. The lowest BCUT2D eigenvalue weighted by Crippen LogP contribution is -2.10. The van der Waals surface area contributed by atoms with Crippen LogP contribution < -0.4 is 0 Å². The van der Waals surface area contributed by atoms with Gasteiger partial charge in [0.15, 0.2) is 0 Å². The van der Waals surface area contributed by atoms with Gasteiger partial charge in [0.05, 0.1) is 11.3 Å². The molecule has 2 aromatic carbocycles. The van der Waals surface area contributed by atoms with E-state index in [0.717, 1.165) is 0 Å². The van der Waals surface area contributed by atoms with Gasteiger partial charge in [-0.05, 0) is 24.6 Å². The van der Waals surface area contributed by atoms with Crippen molar-refractivity contribution in [1.29, 1.82) is 0 Å². The van der Waals surface area contributed by atoms with Crippen LogP contribution in [-0.2, 0) is 4.84 Å². The summed E-state index contributed by atoms with van der Waals surface area (Å²) in [7, 11) is 0. The average molecular weight is 269 g/mol. The van der Waals surface area contributed by atoms with E-state index >= 15 is 0 Å². The summed E-state index contributed by atoms with van der Waals surface area (Å²) in [5.41, 5.74) is 1.43. The standard InChI is InChI=1S/C16H15NO3/c1-12(15(18)13-8-4-2-5-9-13)17-20-16(19)14-10-6-3-7-11-14/h2-11,15,18H,1H3/b17-12+. The molecule has 1 unspecified atom stereocenters. The smallest absolute Gasteiger partial charge is 0.365 e. The summed E-state index contributed by atoms with van der Waals surface area (Å²) in [6.45, 7) is 1.61. The lowest BCUT2D eigenvalue weighted by atomic mass is 10.1. The average Bonchev–Trinajstić information content (AvgIpc) is 2.53. The first-order chi connectivity index (χ1) is 9.68. The lowest BCUT2D eigenvalue weighted by Gasteiger charge is -2.09. The van der Waals surface area contributed by atoms with Crippen LogP contribution in [0.15, 0.2) is 65.8 Å². The van der Waals surface area contributed by atoms with Crippen LogP contribution in [0.3, 0.4) is 0 Å². The van der Waals surface area contributed by atoms with Crippen molar-refractivity contribution in [3.05, 3.63) is 71.8 Å². The Bertz CT molecular complexity index is 594. The zero-order chi connectivity index (χ0) is 14.4. The fourth-order valence-corrected chi connectivity index (χ4v) is 1.67. The van der Waals surface area contributed by atoms with Crippen molar-refractivity contribution in [1.82, 2.24) is 0 Å². The van der Waals surface area contributed by atoms with E-state index in [1.54, 1.807) is 43.3 Å². The van der Waals surface area contributed by atoms with E-state index in [-0.39, 0.29) is 0 Å². The predicted octanol–water partition coefficient (Wildman–Crippen LogP) is 2.95. The predicted molar refractivity (Wildman–Crippen MR) is 76.4 cm³/mol. The van der Waals surface area contributed by atoms with Crippen LogP contribution in [0.5, 0.6) is 0 Å². The summed E-state index contributed by atoms with van der Waals surface area (Å²) >= 11 is 0. The largest absolute Gasteiger partial charge is 0.382 e. The van der Waals surface area contributed by atoms with Crippen LogP contribution >= 0.6 is 0 Å². The zero-order valence-corrected chi connectivity index (χ0v) is 11.1. The number of benzene rings is 2. The van der Waals surface area contributed by atoms with Crippen molar-refractivity contribution in [2.75, 3.05) is 0 Å². The molecule has 2 rings (SSSR count). The maximum absolute atomic E-state index is 11.7. The highest BCUT2D eigenvalue weighted by Gasteiger charge is 2.12. The Labute approximate surface area is 117 Å². The Morgan fingerprint density at radius 1 is 1.05 bits per heavy atom. The van der Waals surface area contributed by atoms with E-state index in [9.17, 15) is 9.90 Å². The second-order valence-corrected chi connectivity index (χ2v) is 4.29. The number of oxime groups is 1. The number of carbonyl (C=O) groups excluding carboxylic acids is 1. The molecule has 2 aromatic rings. The van der Waals surface area contributed by atoms with Gasteiger partial charge in [0.2, 0.25) is 0 Å². The molecule has 20 heavy (non-hydrogen) atoms. The third-order valence-electron chi connectivity index (χ3n) is 2.79. The molecule has 0 saturated heterocycles. The Hall–Kier alpha value is -2.46. The maximum atomic E-state index is 11.7. The van der Waals surface area contributed by atoms with Crippen LogP contribution in [0.25, 0.3) is 0 Å². The summed E-state index contributed by atoms with van der Waals surface area (Å²) in [5, 5.41) is 13.7. The maximum Gasteiger partial charge on any atom is 0.365 e. The Morgan fingerprint density at radius 3 is 2.20 bits per heavy atom. The van der Waals surface area contributed by atoms with E-state index in [2.05, 4.69) is 5.16 Å². The van der Waals surface area contributed by atoms with E-state index in [4.69, 9.17) is 4.84 Å². The first-order valence-corrected chi connectivity index (χ1v) is 6.22. The van der Waals surface area contributed by atoms with Crippen molar-refractivity contribution in [2.45, 2.75) is 13.0 Å². The highest BCUT2D eigenvalue weighted by Crippen LogP contribution is 2.14. The first kappa shape index (κ1) is 14.0. The molecule has 4 heteroatoms. The van der Waals surface area contributed by atoms with E-state index in [0.29, 0.717) is 16.8 Å². The van der Waals surface area contributed by atoms with Gasteiger partial charge in [-0.3, -0.25) is 0 Å². The number of aliphatic hydroxyl groups excluding tert-OH is 1. The fraction of sp³-hybridized carbons (Fsp3) is 0.125. The summed E-state index contributed by atoms with van der Waals surface area (Å²) in [6.07, 6.45) is -0.889. The topological polar surface area (TPSA) is 58.9 Å². The van der Waals surface area contributed by atoms with E-state index in [1.165, 1.54) is 0 Å². The number of carbonyl (C=O) groups is 1. The van der Waals surface area contributed by atoms with Gasteiger partial charge < -0.3 is 9.94 Å². The van der Waals surface area contributed by atoms with Crippen molar-refractivity contribution in [2.24, 2.45) is 5.16 Å². The third kappa shape index (κ3) is 3.52. The molecule has 0 aliphatic heterocycles. The molecular formula is C16H15NO3. The number of nitrogens with zero attached hydrogens (tertiary/aromatic N) is 1. The minimum absolute atomic E-state index is 0.320. The van der Waals surface area contributed by atoms with Gasteiger partial charge in [-0.15, -0.1) is 0 Å². The van der Waals surface area contributed by atoms with Gasteiger partial charge in [-0.2, -0.15) is 0 Å². The minimum atomic E-state index is -0.889. The van der Waals surface area contributed by atoms with Gasteiger partial charge in [0.25, 0.3) is 0 Å². The monoisotopic (exact) mass is 269 g/mol. The summed E-state index contributed by atoms with van der Waals surface area (Å²) < 4.78 is 0. The molecule has 102 valence electrons. The van der Waals surface area contributed by atoms with Crippen molar-refractivity contribution < 1.29 is 14.7 Å². The second-order valence-electron chi connectivity index (χ2n) is 4.29. The van der Waals surface area contributed by atoms with E-state index in [1.807, 2.05) is 24.3 Å². The molecule has 0 aliphatic carbocycles. The van der Waals surface area contributed by atoms with Crippen LogP contribution in [0.1, 0.15) is 28.9 Å². The molecular weight excluding hydrogens is 254 g/mol. The van der Waals surface area contributed by atoms with Gasteiger partial charge in [0, 0.05) is 0 Å². The highest BCUT2D eigenvalue weighted by atomic mass is 16.7. The Kier molecular flexibility index (Phi) is 4.63. The number of hydrogen-bond donors (Lipinski definition) is 1. The molecule has 1 atom stereocenters. The molecule has 0 saturated carbocycles. The van der Waals surface area contributed by atoms with Crippen LogP contribution in [0.4, 0.5) is 0 Å². The summed E-state index contributed by atoms with van der Waals surface area (Å²) in [4.78, 5) is 16.5. The second kappa shape index (κ2) is 6.63. The number of rotatable bonds is 4. The summed E-state index contributed by atoms with van der Waals surface area (Å²) in [5.74, 6) is -0.551. The van der Waals surface area contributed by atoms with Crippen molar-refractivity contribution >= 4 is 11.7 Å².